The van der Waals surface area contributed by atoms with E-state index in [0.29, 0.717) is 5.75 Å². The molecule has 0 aromatic heterocycles. The van der Waals surface area contributed by atoms with E-state index < -0.39 is 5.82 Å². The molecular formula is C14H18FNO2. The van der Waals surface area contributed by atoms with Gasteiger partial charge in [-0.15, -0.1) is 0 Å². The predicted octanol–water partition coefficient (Wildman–Crippen LogP) is 2.90. The molecule has 0 atom stereocenters. The summed E-state index contributed by atoms with van der Waals surface area (Å²) in [6, 6.07) is 4.19. The van der Waals surface area contributed by atoms with E-state index in [1.54, 1.807) is 0 Å². The Kier molecular flexibility index (Phi) is 4.18. The fourth-order valence-electron chi connectivity index (χ4n) is 2.37. The average molecular weight is 251 g/mol. The normalized spacial score (nSPS) is 16.3. The summed E-state index contributed by atoms with van der Waals surface area (Å²) in [4.78, 5) is 12.1. The van der Waals surface area contributed by atoms with Crippen molar-refractivity contribution in [2.45, 2.75) is 38.1 Å². The van der Waals surface area contributed by atoms with Crippen LogP contribution in [0.15, 0.2) is 18.2 Å². The predicted molar refractivity (Wildman–Crippen MR) is 67.3 cm³/mol. The van der Waals surface area contributed by atoms with Crippen LogP contribution in [0.3, 0.4) is 0 Å². The second-order valence-electron chi connectivity index (χ2n) is 4.65. The fourth-order valence-corrected chi connectivity index (χ4v) is 2.37. The van der Waals surface area contributed by atoms with Crippen LogP contribution < -0.4 is 10.1 Å². The summed E-state index contributed by atoms with van der Waals surface area (Å²) < 4.78 is 18.3. The number of carbonyl (C=O) groups excluding carboxylic acids is 1. The highest BCUT2D eigenvalue weighted by Crippen LogP contribution is 2.21. The van der Waals surface area contributed by atoms with Gasteiger partial charge in [-0.25, -0.2) is 4.39 Å². The van der Waals surface area contributed by atoms with Crippen LogP contribution in [-0.4, -0.2) is 19.1 Å². The van der Waals surface area contributed by atoms with Crippen molar-refractivity contribution in [1.82, 2.24) is 5.32 Å². The van der Waals surface area contributed by atoms with Crippen molar-refractivity contribution in [3.8, 4) is 5.75 Å². The van der Waals surface area contributed by atoms with Crippen molar-refractivity contribution in [3.05, 3.63) is 29.6 Å². The number of methoxy groups -OCH3 is 1. The van der Waals surface area contributed by atoms with E-state index in [0.717, 1.165) is 25.7 Å². The van der Waals surface area contributed by atoms with Crippen LogP contribution in [0.5, 0.6) is 5.75 Å². The summed E-state index contributed by atoms with van der Waals surface area (Å²) in [6.07, 6.45) is 5.53. The topological polar surface area (TPSA) is 38.3 Å². The Morgan fingerprint density at radius 2 is 2.06 bits per heavy atom. The summed E-state index contributed by atoms with van der Waals surface area (Å²) in [6.45, 7) is 0. The Morgan fingerprint density at radius 1 is 1.33 bits per heavy atom. The molecule has 0 bridgehead atoms. The van der Waals surface area contributed by atoms with Gasteiger partial charge < -0.3 is 10.1 Å². The Labute approximate surface area is 106 Å². The van der Waals surface area contributed by atoms with Crippen LogP contribution in [0, 0.1) is 5.82 Å². The molecule has 0 heterocycles. The second-order valence-corrected chi connectivity index (χ2v) is 4.65. The van der Waals surface area contributed by atoms with E-state index in [4.69, 9.17) is 4.74 Å². The molecule has 1 N–H and O–H groups in total. The van der Waals surface area contributed by atoms with E-state index in [9.17, 15) is 9.18 Å². The van der Waals surface area contributed by atoms with Gasteiger partial charge >= 0.3 is 0 Å². The van der Waals surface area contributed by atoms with Gasteiger partial charge in [0.05, 0.1) is 12.7 Å². The lowest BCUT2D eigenvalue weighted by atomic mass is 9.95. The Morgan fingerprint density at radius 3 is 2.72 bits per heavy atom. The van der Waals surface area contributed by atoms with E-state index in [1.165, 1.54) is 31.7 Å². The van der Waals surface area contributed by atoms with Crippen molar-refractivity contribution in [1.29, 1.82) is 0 Å². The van der Waals surface area contributed by atoms with Crippen molar-refractivity contribution >= 4 is 5.91 Å². The SMILES string of the molecule is COc1ccc(F)cc1C(=O)NC1CCCCC1. The third-order valence-corrected chi connectivity index (χ3v) is 3.35. The molecule has 1 aliphatic rings. The van der Waals surface area contributed by atoms with Gasteiger partial charge in [-0.2, -0.15) is 0 Å². The standard InChI is InChI=1S/C14H18FNO2/c1-18-13-8-7-10(15)9-12(13)14(17)16-11-5-3-2-4-6-11/h7-9,11H,2-6H2,1H3,(H,16,17). The lowest BCUT2D eigenvalue weighted by Gasteiger charge is -2.23. The zero-order valence-corrected chi connectivity index (χ0v) is 10.5. The molecule has 4 heteroatoms. The molecule has 1 amide bonds. The Hall–Kier alpha value is -1.58. The number of hydrogen-bond acceptors (Lipinski definition) is 2. The van der Waals surface area contributed by atoms with Gasteiger partial charge in [0, 0.05) is 6.04 Å². The van der Waals surface area contributed by atoms with Crippen LogP contribution in [0.1, 0.15) is 42.5 Å². The maximum Gasteiger partial charge on any atom is 0.255 e. The molecule has 1 saturated carbocycles. The van der Waals surface area contributed by atoms with Gasteiger partial charge in [0.15, 0.2) is 0 Å². The first kappa shape index (κ1) is 12.9. The highest BCUT2D eigenvalue weighted by molar-refractivity contribution is 5.97. The van der Waals surface area contributed by atoms with Crippen molar-refractivity contribution in [3.63, 3.8) is 0 Å². The van der Waals surface area contributed by atoms with Crippen molar-refractivity contribution < 1.29 is 13.9 Å². The van der Waals surface area contributed by atoms with E-state index in [-0.39, 0.29) is 17.5 Å². The Balaban J connectivity index is 2.09. The van der Waals surface area contributed by atoms with Gasteiger partial charge in [-0.3, -0.25) is 4.79 Å². The van der Waals surface area contributed by atoms with Crippen LogP contribution in [0.2, 0.25) is 0 Å². The molecule has 1 fully saturated rings. The molecule has 2 rings (SSSR count). The monoisotopic (exact) mass is 251 g/mol. The molecule has 1 aromatic carbocycles. The van der Waals surface area contributed by atoms with Gasteiger partial charge in [0.25, 0.3) is 5.91 Å². The number of amides is 1. The third-order valence-electron chi connectivity index (χ3n) is 3.35. The highest BCUT2D eigenvalue weighted by Gasteiger charge is 2.19. The molecular weight excluding hydrogens is 233 g/mol. The van der Waals surface area contributed by atoms with E-state index in [1.807, 2.05) is 0 Å². The molecule has 0 aliphatic heterocycles. The summed E-state index contributed by atoms with van der Waals surface area (Å²) in [5, 5.41) is 2.95. The zero-order valence-electron chi connectivity index (χ0n) is 10.5. The quantitative estimate of drug-likeness (QED) is 0.897. The minimum Gasteiger partial charge on any atom is -0.496 e. The van der Waals surface area contributed by atoms with Gasteiger partial charge in [0.1, 0.15) is 11.6 Å². The van der Waals surface area contributed by atoms with Crippen LogP contribution in [-0.2, 0) is 0 Å². The van der Waals surface area contributed by atoms with E-state index in [2.05, 4.69) is 5.32 Å². The first-order valence-corrected chi connectivity index (χ1v) is 6.35. The average Bonchev–Trinajstić information content (AvgIpc) is 2.40. The minimum atomic E-state index is -0.426. The molecule has 1 aliphatic carbocycles. The molecule has 0 spiro atoms. The maximum absolute atomic E-state index is 13.2. The van der Waals surface area contributed by atoms with Crippen LogP contribution in [0.4, 0.5) is 4.39 Å². The molecule has 0 radical (unpaired) electrons. The summed E-state index contributed by atoms with van der Waals surface area (Å²) >= 11 is 0. The summed E-state index contributed by atoms with van der Waals surface area (Å²) in [7, 11) is 1.48. The smallest absolute Gasteiger partial charge is 0.255 e. The lowest BCUT2D eigenvalue weighted by molar-refractivity contribution is 0.0924. The molecule has 3 nitrogen and oxygen atoms in total. The summed E-state index contributed by atoms with van der Waals surface area (Å²) in [5.41, 5.74) is 0.267. The maximum atomic E-state index is 13.2. The number of hydrogen-bond donors (Lipinski definition) is 1. The fraction of sp³-hybridized carbons (Fsp3) is 0.500. The molecule has 0 saturated heterocycles. The second kappa shape index (κ2) is 5.85. The van der Waals surface area contributed by atoms with Crippen molar-refractivity contribution in [2.75, 3.05) is 7.11 Å². The van der Waals surface area contributed by atoms with Gasteiger partial charge in [0.2, 0.25) is 0 Å². The van der Waals surface area contributed by atoms with Crippen molar-refractivity contribution in [2.24, 2.45) is 0 Å². The number of nitrogens with one attached hydrogen (secondary N) is 1. The lowest BCUT2D eigenvalue weighted by Crippen LogP contribution is -2.36. The van der Waals surface area contributed by atoms with Gasteiger partial charge in [-0.05, 0) is 31.0 Å². The third kappa shape index (κ3) is 3.00. The zero-order chi connectivity index (χ0) is 13.0. The first-order valence-electron chi connectivity index (χ1n) is 6.35. The molecule has 18 heavy (non-hydrogen) atoms. The minimum absolute atomic E-state index is 0.208. The highest BCUT2D eigenvalue weighted by atomic mass is 19.1. The largest absolute Gasteiger partial charge is 0.496 e. The Bertz CT molecular complexity index is 428. The number of benzene rings is 1. The number of halogens is 1. The van der Waals surface area contributed by atoms with Crippen LogP contribution >= 0.6 is 0 Å². The number of rotatable bonds is 3. The number of carbonyl (C=O) groups is 1. The first-order chi connectivity index (χ1) is 8.70. The van der Waals surface area contributed by atoms with E-state index >= 15 is 0 Å². The molecule has 1 aromatic rings. The van der Waals surface area contributed by atoms with Crippen LogP contribution in [0.25, 0.3) is 0 Å². The summed E-state index contributed by atoms with van der Waals surface area (Å²) in [5.74, 6) is -0.271. The number of ether oxygens (including phenoxy) is 1. The van der Waals surface area contributed by atoms with Gasteiger partial charge in [-0.1, -0.05) is 19.3 Å². The molecule has 98 valence electrons. The molecule has 0 unspecified atom stereocenters.